The fourth-order valence-corrected chi connectivity index (χ4v) is 1.87. The summed E-state index contributed by atoms with van der Waals surface area (Å²) in [6.45, 7) is 0.685. The van der Waals surface area contributed by atoms with Gasteiger partial charge in [0.05, 0.1) is 0 Å². The van der Waals surface area contributed by atoms with Gasteiger partial charge in [0, 0.05) is 23.8 Å². The molecule has 1 saturated carbocycles. The third-order valence-electron chi connectivity index (χ3n) is 2.95. The molecule has 5 heteroatoms. The molecule has 0 saturated heterocycles. The van der Waals surface area contributed by atoms with E-state index in [-0.39, 0.29) is 0 Å². The highest BCUT2D eigenvalue weighted by atomic mass is 35.5. The van der Waals surface area contributed by atoms with E-state index in [1.165, 1.54) is 12.8 Å². The summed E-state index contributed by atoms with van der Waals surface area (Å²) in [6, 6.07) is 10.2. The van der Waals surface area contributed by atoms with Gasteiger partial charge in [-0.3, -0.25) is 0 Å². The summed E-state index contributed by atoms with van der Waals surface area (Å²) < 4.78 is 0. The number of aromatic nitrogens is 2. The molecule has 0 aliphatic heterocycles. The van der Waals surface area contributed by atoms with Crippen molar-refractivity contribution >= 4 is 23.4 Å². The molecule has 1 aliphatic rings. The third-order valence-corrected chi connectivity index (χ3v) is 3.20. The highest BCUT2D eigenvalue weighted by Gasteiger charge is 2.21. The van der Waals surface area contributed by atoms with Crippen molar-refractivity contribution in [2.24, 2.45) is 0 Å². The Labute approximate surface area is 117 Å². The average Bonchev–Trinajstić information content (AvgIpc) is 3.23. The molecular weight excluding hydrogens is 260 g/mol. The number of benzene rings is 1. The Balaban J connectivity index is 1.60. The second-order valence-corrected chi connectivity index (χ2v) is 5.10. The van der Waals surface area contributed by atoms with Gasteiger partial charge in [-0.25, -0.2) is 4.98 Å². The summed E-state index contributed by atoms with van der Waals surface area (Å²) >= 11 is 5.85. The Kier molecular flexibility index (Phi) is 3.51. The minimum Gasteiger partial charge on any atom is -0.367 e. The topological polar surface area (TPSA) is 49.8 Å². The Morgan fingerprint density at radius 3 is 2.68 bits per heavy atom. The molecular formula is C14H15ClN4. The van der Waals surface area contributed by atoms with Crippen LogP contribution in [-0.4, -0.2) is 16.0 Å². The quantitative estimate of drug-likeness (QED) is 0.878. The maximum atomic E-state index is 5.85. The predicted molar refractivity (Wildman–Crippen MR) is 77.5 cm³/mol. The standard InChI is InChI=1S/C14H15ClN4/c15-11-3-1-10(2-4-11)9-17-14-16-8-7-13(19-14)18-12-5-6-12/h1-4,7-8,12H,5-6,9H2,(H2,16,17,18,19). The summed E-state index contributed by atoms with van der Waals surface area (Å²) in [7, 11) is 0. The molecule has 1 aromatic carbocycles. The van der Waals surface area contributed by atoms with Gasteiger partial charge in [0.1, 0.15) is 5.82 Å². The number of hydrogen-bond acceptors (Lipinski definition) is 4. The lowest BCUT2D eigenvalue weighted by Crippen LogP contribution is -2.07. The number of halogens is 1. The van der Waals surface area contributed by atoms with Crippen molar-refractivity contribution in [3.8, 4) is 0 Å². The van der Waals surface area contributed by atoms with Crippen molar-refractivity contribution < 1.29 is 0 Å². The fraction of sp³-hybridized carbons (Fsp3) is 0.286. The molecule has 0 spiro atoms. The molecule has 98 valence electrons. The lowest BCUT2D eigenvalue weighted by molar-refractivity contribution is 1.03. The first-order chi connectivity index (χ1) is 9.29. The van der Waals surface area contributed by atoms with Crippen LogP contribution in [0.1, 0.15) is 18.4 Å². The minimum atomic E-state index is 0.596. The van der Waals surface area contributed by atoms with Gasteiger partial charge in [-0.05, 0) is 36.6 Å². The largest absolute Gasteiger partial charge is 0.367 e. The average molecular weight is 275 g/mol. The second kappa shape index (κ2) is 5.45. The van der Waals surface area contributed by atoms with Crippen molar-refractivity contribution in [2.75, 3.05) is 10.6 Å². The van der Waals surface area contributed by atoms with E-state index in [9.17, 15) is 0 Å². The Morgan fingerprint density at radius 2 is 1.95 bits per heavy atom. The minimum absolute atomic E-state index is 0.596. The van der Waals surface area contributed by atoms with Crippen LogP contribution in [0.25, 0.3) is 0 Å². The number of anilines is 2. The first-order valence-corrected chi connectivity index (χ1v) is 6.75. The molecule has 0 atom stereocenters. The zero-order valence-electron chi connectivity index (χ0n) is 10.4. The number of rotatable bonds is 5. The van der Waals surface area contributed by atoms with Crippen LogP contribution < -0.4 is 10.6 Å². The molecule has 1 heterocycles. The van der Waals surface area contributed by atoms with Crippen LogP contribution in [0.5, 0.6) is 0 Å². The van der Waals surface area contributed by atoms with Crippen LogP contribution >= 0.6 is 11.6 Å². The van der Waals surface area contributed by atoms with Crippen LogP contribution in [0, 0.1) is 0 Å². The molecule has 0 radical (unpaired) electrons. The van der Waals surface area contributed by atoms with Gasteiger partial charge in [0.25, 0.3) is 0 Å². The van der Waals surface area contributed by atoms with Crippen molar-refractivity contribution in [1.82, 2.24) is 9.97 Å². The molecule has 4 nitrogen and oxygen atoms in total. The predicted octanol–water partition coefficient (Wildman–Crippen LogP) is 3.32. The summed E-state index contributed by atoms with van der Waals surface area (Å²) in [5, 5.41) is 7.31. The van der Waals surface area contributed by atoms with Crippen molar-refractivity contribution in [1.29, 1.82) is 0 Å². The molecule has 0 bridgehead atoms. The first kappa shape index (κ1) is 12.2. The molecule has 0 unspecified atom stereocenters. The normalized spacial score (nSPS) is 14.2. The maximum Gasteiger partial charge on any atom is 0.224 e. The first-order valence-electron chi connectivity index (χ1n) is 6.37. The van der Waals surface area contributed by atoms with E-state index in [4.69, 9.17) is 11.6 Å². The van der Waals surface area contributed by atoms with Crippen molar-refractivity contribution in [3.05, 3.63) is 47.1 Å². The molecule has 19 heavy (non-hydrogen) atoms. The molecule has 2 aromatic rings. The van der Waals surface area contributed by atoms with Gasteiger partial charge in [-0.15, -0.1) is 0 Å². The number of nitrogens with one attached hydrogen (secondary N) is 2. The Hall–Kier alpha value is -1.81. The summed E-state index contributed by atoms with van der Waals surface area (Å²) in [6.07, 6.45) is 4.23. The van der Waals surface area contributed by atoms with E-state index < -0.39 is 0 Å². The maximum absolute atomic E-state index is 5.85. The summed E-state index contributed by atoms with van der Waals surface area (Å²) in [5.74, 6) is 1.52. The van der Waals surface area contributed by atoms with Gasteiger partial charge in [-0.1, -0.05) is 23.7 Å². The van der Waals surface area contributed by atoms with Crippen LogP contribution in [0.3, 0.4) is 0 Å². The van der Waals surface area contributed by atoms with Crippen LogP contribution in [-0.2, 0) is 6.54 Å². The van der Waals surface area contributed by atoms with Crippen molar-refractivity contribution in [2.45, 2.75) is 25.4 Å². The lowest BCUT2D eigenvalue weighted by atomic mass is 10.2. The van der Waals surface area contributed by atoms with E-state index in [1.54, 1.807) is 6.20 Å². The molecule has 3 rings (SSSR count). The lowest BCUT2D eigenvalue weighted by Gasteiger charge is -2.07. The van der Waals surface area contributed by atoms with Crippen LogP contribution in [0.15, 0.2) is 36.5 Å². The number of nitrogens with zero attached hydrogens (tertiary/aromatic N) is 2. The smallest absolute Gasteiger partial charge is 0.224 e. The Bertz CT molecular complexity index is 552. The molecule has 2 N–H and O–H groups in total. The zero-order chi connectivity index (χ0) is 13.1. The monoisotopic (exact) mass is 274 g/mol. The van der Waals surface area contributed by atoms with Crippen LogP contribution in [0.2, 0.25) is 5.02 Å². The molecule has 1 aliphatic carbocycles. The van der Waals surface area contributed by atoms with E-state index in [0.717, 1.165) is 16.4 Å². The second-order valence-electron chi connectivity index (χ2n) is 4.66. The van der Waals surface area contributed by atoms with E-state index in [1.807, 2.05) is 30.3 Å². The van der Waals surface area contributed by atoms with E-state index >= 15 is 0 Å². The van der Waals surface area contributed by atoms with Gasteiger partial charge in [0.2, 0.25) is 5.95 Å². The highest BCUT2D eigenvalue weighted by molar-refractivity contribution is 6.30. The van der Waals surface area contributed by atoms with Gasteiger partial charge >= 0.3 is 0 Å². The SMILES string of the molecule is Clc1ccc(CNc2nccc(NC3CC3)n2)cc1. The van der Waals surface area contributed by atoms with Gasteiger partial charge < -0.3 is 10.6 Å². The Morgan fingerprint density at radius 1 is 1.16 bits per heavy atom. The zero-order valence-corrected chi connectivity index (χ0v) is 11.2. The van der Waals surface area contributed by atoms with Crippen LogP contribution in [0.4, 0.5) is 11.8 Å². The van der Waals surface area contributed by atoms with E-state index in [2.05, 4.69) is 20.6 Å². The fourth-order valence-electron chi connectivity index (χ4n) is 1.74. The summed E-state index contributed by atoms with van der Waals surface area (Å²) in [5.41, 5.74) is 1.15. The highest BCUT2D eigenvalue weighted by Crippen LogP contribution is 2.23. The third kappa shape index (κ3) is 3.58. The van der Waals surface area contributed by atoms with Crippen molar-refractivity contribution in [3.63, 3.8) is 0 Å². The van der Waals surface area contributed by atoms with Gasteiger partial charge in [-0.2, -0.15) is 4.98 Å². The van der Waals surface area contributed by atoms with Gasteiger partial charge in [0.15, 0.2) is 0 Å². The summed E-state index contributed by atoms with van der Waals surface area (Å²) in [4.78, 5) is 8.64. The van der Waals surface area contributed by atoms with E-state index in [0.29, 0.717) is 18.5 Å². The molecule has 0 amide bonds. The number of hydrogen-bond donors (Lipinski definition) is 2. The molecule has 1 fully saturated rings. The molecule has 1 aromatic heterocycles.